The fraction of sp³-hybridized carbons (Fsp3) is 1.00. The molecule has 0 aromatic heterocycles. The van der Waals surface area contributed by atoms with Crippen molar-refractivity contribution in [3.63, 3.8) is 0 Å². The lowest BCUT2D eigenvalue weighted by Gasteiger charge is -2.07. The third kappa shape index (κ3) is 23.7. The van der Waals surface area contributed by atoms with Crippen LogP contribution in [-0.4, -0.2) is 93.0 Å². The van der Waals surface area contributed by atoms with Crippen molar-refractivity contribution in [2.45, 2.75) is 32.6 Å². The quantitative estimate of drug-likeness (QED) is 0.252. The number of hydrogen-bond donors (Lipinski definition) is 0. The Balaban J connectivity index is 2.95. The summed E-state index contributed by atoms with van der Waals surface area (Å²) in [7, 11) is 1.67. The average Bonchev–Trinajstić information content (AvgIpc) is 2.66. The maximum Gasteiger partial charge on any atom is 0.0701 e. The highest BCUT2D eigenvalue weighted by Crippen LogP contribution is 1.97. The summed E-state index contributed by atoms with van der Waals surface area (Å²) in [4.78, 5) is 0. The van der Waals surface area contributed by atoms with E-state index in [9.17, 15) is 0 Å². The van der Waals surface area contributed by atoms with Gasteiger partial charge in [-0.15, -0.1) is 0 Å². The van der Waals surface area contributed by atoms with Crippen LogP contribution in [0, 0.1) is 0 Å². The Kier molecular flexibility index (Phi) is 24.5. The molecule has 0 heterocycles. The molecule has 0 amide bonds. The van der Waals surface area contributed by atoms with Gasteiger partial charge in [0.2, 0.25) is 0 Å². The lowest BCUT2D eigenvalue weighted by atomic mass is 10.2. The van der Waals surface area contributed by atoms with Crippen LogP contribution in [-0.2, 0) is 33.2 Å². The van der Waals surface area contributed by atoms with E-state index in [0.717, 1.165) is 45.5 Å². The molecule has 0 saturated heterocycles. The van der Waals surface area contributed by atoms with Crippen LogP contribution >= 0.6 is 0 Å². The highest BCUT2D eigenvalue weighted by molar-refractivity contribution is 4.42. The van der Waals surface area contributed by atoms with Crippen molar-refractivity contribution in [1.29, 1.82) is 0 Å². The standard InChI is InChI=1S/C19H40O7/c1-3-7-21-12-15-25-18-19-26-17-14-23-9-6-4-5-8-22-13-16-24-11-10-20-2/h3-19H2,1-2H3. The highest BCUT2D eigenvalue weighted by Gasteiger charge is 1.94. The fourth-order valence-electron chi connectivity index (χ4n) is 1.96. The first-order valence-electron chi connectivity index (χ1n) is 9.87. The summed E-state index contributed by atoms with van der Waals surface area (Å²) >= 11 is 0. The van der Waals surface area contributed by atoms with Crippen LogP contribution in [0.4, 0.5) is 0 Å². The molecule has 158 valence electrons. The van der Waals surface area contributed by atoms with Gasteiger partial charge < -0.3 is 33.2 Å². The molecular formula is C19H40O7. The van der Waals surface area contributed by atoms with Crippen LogP contribution in [0.15, 0.2) is 0 Å². The van der Waals surface area contributed by atoms with Gasteiger partial charge in [0.25, 0.3) is 0 Å². The zero-order chi connectivity index (χ0) is 19.0. The number of ether oxygens (including phenoxy) is 7. The Labute approximate surface area is 159 Å². The molecule has 0 aromatic rings. The minimum Gasteiger partial charge on any atom is -0.382 e. The van der Waals surface area contributed by atoms with Gasteiger partial charge in [-0.25, -0.2) is 0 Å². The molecule has 0 rings (SSSR count). The van der Waals surface area contributed by atoms with Gasteiger partial charge in [0, 0.05) is 26.9 Å². The van der Waals surface area contributed by atoms with Crippen molar-refractivity contribution in [1.82, 2.24) is 0 Å². The summed E-state index contributed by atoms with van der Waals surface area (Å²) in [6, 6.07) is 0. The predicted octanol–water partition coefficient (Wildman–Crippen LogP) is 2.31. The third-order valence-corrected chi connectivity index (χ3v) is 3.35. The molecular weight excluding hydrogens is 340 g/mol. The normalized spacial score (nSPS) is 11.3. The largest absolute Gasteiger partial charge is 0.382 e. The second kappa shape index (κ2) is 24.7. The van der Waals surface area contributed by atoms with Gasteiger partial charge in [-0.2, -0.15) is 0 Å². The molecule has 0 spiro atoms. The summed E-state index contributed by atoms with van der Waals surface area (Å²) in [6.45, 7) is 10.7. The molecule has 0 fully saturated rings. The fourth-order valence-corrected chi connectivity index (χ4v) is 1.96. The Morgan fingerprint density at radius 1 is 0.385 bits per heavy atom. The van der Waals surface area contributed by atoms with Crippen molar-refractivity contribution in [3.8, 4) is 0 Å². The van der Waals surface area contributed by atoms with Gasteiger partial charge >= 0.3 is 0 Å². The lowest BCUT2D eigenvalue weighted by Crippen LogP contribution is -2.12. The molecule has 0 unspecified atom stereocenters. The SMILES string of the molecule is CCCOCCOCCOCCOCCCCCOCCOCCOC. The molecule has 0 aliphatic heterocycles. The summed E-state index contributed by atoms with van der Waals surface area (Å²) in [6.07, 6.45) is 4.26. The molecule has 0 N–H and O–H groups in total. The summed E-state index contributed by atoms with van der Waals surface area (Å²) < 4.78 is 37.4. The highest BCUT2D eigenvalue weighted by atomic mass is 16.6. The van der Waals surface area contributed by atoms with E-state index in [4.69, 9.17) is 33.2 Å². The molecule has 7 heteroatoms. The second-order valence-corrected chi connectivity index (χ2v) is 5.73. The zero-order valence-corrected chi connectivity index (χ0v) is 16.9. The molecule has 0 bridgehead atoms. The molecule has 0 radical (unpaired) electrons. The zero-order valence-electron chi connectivity index (χ0n) is 16.9. The number of hydrogen-bond acceptors (Lipinski definition) is 7. The van der Waals surface area contributed by atoms with E-state index >= 15 is 0 Å². The topological polar surface area (TPSA) is 64.6 Å². The first kappa shape index (κ1) is 25.7. The monoisotopic (exact) mass is 380 g/mol. The molecule has 0 aromatic carbocycles. The number of rotatable bonds is 23. The van der Waals surface area contributed by atoms with Crippen LogP contribution in [0.3, 0.4) is 0 Å². The molecule has 0 saturated carbocycles. The van der Waals surface area contributed by atoms with Crippen molar-refractivity contribution < 1.29 is 33.2 Å². The number of unbranched alkanes of at least 4 members (excludes halogenated alkanes) is 2. The minimum atomic E-state index is 0.601. The van der Waals surface area contributed by atoms with E-state index in [0.29, 0.717) is 66.1 Å². The van der Waals surface area contributed by atoms with Crippen molar-refractivity contribution >= 4 is 0 Å². The number of methoxy groups -OCH3 is 1. The lowest BCUT2D eigenvalue weighted by molar-refractivity contribution is -0.00235. The van der Waals surface area contributed by atoms with Crippen LogP contribution in [0.25, 0.3) is 0 Å². The Hall–Kier alpha value is -0.280. The van der Waals surface area contributed by atoms with Crippen LogP contribution < -0.4 is 0 Å². The van der Waals surface area contributed by atoms with E-state index in [1.54, 1.807) is 7.11 Å². The smallest absolute Gasteiger partial charge is 0.0701 e. The molecule has 7 nitrogen and oxygen atoms in total. The predicted molar refractivity (Wildman–Crippen MR) is 101 cm³/mol. The van der Waals surface area contributed by atoms with Gasteiger partial charge in [0.05, 0.1) is 66.1 Å². The molecule has 26 heavy (non-hydrogen) atoms. The second-order valence-electron chi connectivity index (χ2n) is 5.73. The third-order valence-electron chi connectivity index (χ3n) is 3.35. The average molecular weight is 381 g/mol. The van der Waals surface area contributed by atoms with Gasteiger partial charge in [-0.05, 0) is 25.7 Å². The Bertz CT molecular complexity index is 218. The van der Waals surface area contributed by atoms with Gasteiger partial charge in [-0.1, -0.05) is 6.92 Å². The van der Waals surface area contributed by atoms with Crippen LogP contribution in [0.1, 0.15) is 32.6 Å². The minimum absolute atomic E-state index is 0.601. The van der Waals surface area contributed by atoms with Crippen molar-refractivity contribution in [3.05, 3.63) is 0 Å². The van der Waals surface area contributed by atoms with Gasteiger partial charge in [0.1, 0.15) is 0 Å². The van der Waals surface area contributed by atoms with E-state index in [1.165, 1.54) is 0 Å². The summed E-state index contributed by atoms with van der Waals surface area (Å²) in [5.41, 5.74) is 0. The summed E-state index contributed by atoms with van der Waals surface area (Å²) in [5, 5.41) is 0. The maximum atomic E-state index is 5.53. The van der Waals surface area contributed by atoms with Gasteiger partial charge in [-0.3, -0.25) is 0 Å². The van der Waals surface area contributed by atoms with Crippen LogP contribution in [0.5, 0.6) is 0 Å². The molecule has 0 aliphatic carbocycles. The Morgan fingerprint density at radius 3 is 1.12 bits per heavy atom. The first-order valence-corrected chi connectivity index (χ1v) is 9.87. The maximum absolute atomic E-state index is 5.53. The summed E-state index contributed by atoms with van der Waals surface area (Å²) in [5.74, 6) is 0. The molecule has 0 atom stereocenters. The molecule has 0 aliphatic rings. The van der Waals surface area contributed by atoms with Crippen molar-refractivity contribution in [2.24, 2.45) is 0 Å². The van der Waals surface area contributed by atoms with E-state index in [-0.39, 0.29) is 0 Å². The van der Waals surface area contributed by atoms with E-state index in [2.05, 4.69) is 6.92 Å². The Morgan fingerprint density at radius 2 is 0.731 bits per heavy atom. The van der Waals surface area contributed by atoms with E-state index < -0.39 is 0 Å². The first-order chi connectivity index (χ1) is 12.9. The van der Waals surface area contributed by atoms with Gasteiger partial charge in [0.15, 0.2) is 0 Å². The van der Waals surface area contributed by atoms with Crippen LogP contribution in [0.2, 0.25) is 0 Å². The van der Waals surface area contributed by atoms with E-state index in [1.807, 2.05) is 0 Å². The van der Waals surface area contributed by atoms with Crippen molar-refractivity contribution in [2.75, 3.05) is 93.0 Å².